The molecule has 1 aromatic carbocycles. The second-order valence-corrected chi connectivity index (χ2v) is 6.16. The quantitative estimate of drug-likeness (QED) is 0.879. The largest absolute Gasteiger partial charge is 0.493 e. The second kappa shape index (κ2) is 5.65. The minimum atomic E-state index is -3.75. The zero-order valence-corrected chi connectivity index (χ0v) is 13.0. The van der Waals surface area contributed by atoms with Crippen LogP contribution in [-0.4, -0.2) is 32.8 Å². The van der Waals surface area contributed by atoms with Crippen LogP contribution in [0.25, 0.3) is 0 Å². The summed E-state index contributed by atoms with van der Waals surface area (Å²) in [5.41, 5.74) is 1.26. The lowest BCUT2D eigenvalue weighted by Crippen LogP contribution is -2.15. The molecule has 0 amide bonds. The van der Waals surface area contributed by atoms with E-state index in [1.54, 1.807) is 26.1 Å². The molecule has 0 bridgehead atoms. The highest BCUT2D eigenvalue weighted by Gasteiger charge is 2.21. The predicted octanol–water partition coefficient (Wildman–Crippen LogP) is 1.84. The van der Waals surface area contributed by atoms with E-state index < -0.39 is 10.0 Å². The van der Waals surface area contributed by atoms with Crippen molar-refractivity contribution in [3.8, 4) is 11.5 Å². The van der Waals surface area contributed by atoms with Crippen LogP contribution in [0.1, 0.15) is 11.1 Å². The van der Waals surface area contributed by atoms with Gasteiger partial charge < -0.3 is 9.47 Å². The van der Waals surface area contributed by atoms with Crippen molar-refractivity contribution >= 4 is 15.8 Å². The molecule has 7 nitrogen and oxygen atoms in total. The first-order valence-corrected chi connectivity index (χ1v) is 7.62. The highest BCUT2D eigenvalue weighted by Crippen LogP contribution is 2.33. The highest BCUT2D eigenvalue weighted by atomic mass is 32.2. The number of nitrogens with one attached hydrogen (secondary N) is 2. The third kappa shape index (κ3) is 2.94. The van der Waals surface area contributed by atoms with E-state index in [0.29, 0.717) is 28.4 Å². The van der Waals surface area contributed by atoms with Crippen LogP contribution in [0.4, 0.5) is 5.82 Å². The van der Waals surface area contributed by atoms with Gasteiger partial charge in [0.05, 0.1) is 25.3 Å². The van der Waals surface area contributed by atoms with Gasteiger partial charge in [0.15, 0.2) is 11.5 Å². The van der Waals surface area contributed by atoms with Crippen LogP contribution in [-0.2, 0) is 10.0 Å². The second-order valence-electron chi connectivity index (χ2n) is 4.51. The number of sulfonamides is 1. The van der Waals surface area contributed by atoms with Crippen LogP contribution in [0.3, 0.4) is 0 Å². The molecular formula is C13H17N3O4S. The van der Waals surface area contributed by atoms with Gasteiger partial charge in [0.25, 0.3) is 10.0 Å². The zero-order chi connectivity index (χ0) is 15.6. The van der Waals surface area contributed by atoms with Crippen molar-refractivity contribution in [2.24, 2.45) is 0 Å². The van der Waals surface area contributed by atoms with Crippen molar-refractivity contribution in [1.82, 2.24) is 10.2 Å². The third-order valence-electron chi connectivity index (χ3n) is 3.04. The molecule has 0 saturated heterocycles. The Morgan fingerprint density at radius 3 is 2.24 bits per heavy atom. The minimum Gasteiger partial charge on any atom is -0.493 e. The maximum atomic E-state index is 12.5. The number of ether oxygens (including phenoxy) is 2. The van der Waals surface area contributed by atoms with Gasteiger partial charge in [0, 0.05) is 11.6 Å². The van der Waals surface area contributed by atoms with Crippen LogP contribution < -0.4 is 14.2 Å². The van der Waals surface area contributed by atoms with Gasteiger partial charge in [0.2, 0.25) is 0 Å². The number of aromatic amines is 1. The maximum absolute atomic E-state index is 12.5. The molecule has 114 valence electrons. The molecule has 0 unspecified atom stereocenters. The maximum Gasteiger partial charge on any atom is 0.263 e. The number of H-pyrrole nitrogens is 1. The number of aryl methyl sites for hydroxylation is 2. The van der Waals surface area contributed by atoms with Crippen LogP contribution in [0.2, 0.25) is 0 Å². The normalized spacial score (nSPS) is 11.2. The van der Waals surface area contributed by atoms with Gasteiger partial charge in [-0.25, -0.2) is 8.42 Å². The third-order valence-corrected chi connectivity index (χ3v) is 4.53. The Morgan fingerprint density at radius 2 is 1.71 bits per heavy atom. The van der Waals surface area contributed by atoms with Crippen molar-refractivity contribution < 1.29 is 17.9 Å². The lowest BCUT2D eigenvalue weighted by molar-refractivity contribution is 0.353. The summed E-state index contributed by atoms with van der Waals surface area (Å²) >= 11 is 0. The van der Waals surface area contributed by atoms with Crippen LogP contribution in [0, 0.1) is 13.8 Å². The van der Waals surface area contributed by atoms with Gasteiger partial charge in [-0.1, -0.05) is 0 Å². The zero-order valence-electron chi connectivity index (χ0n) is 12.2. The van der Waals surface area contributed by atoms with Gasteiger partial charge in [-0.3, -0.25) is 9.82 Å². The Labute approximate surface area is 123 Å². The first-order valence-electron chi connectivity index (χ1n) is 6.14. The Bertz CT molecular complexity index is 753. The fourth-order valence-corrected chi connectivity index (χ4v) is 3.22. The van der Waals surface area contributed by atoms with E-state index in [-0.39, 0.29) is 4.90 Å². The number of hydrogen-bond acceptors (Lipinski definition) is 5. The summed E-state index contributed by atoms with van der Waals surface area (Å²) in [6.45, 7) is 3.44. The van der Waals surface area contributed by atoms with Crippen molar-refractivity contribution in [2.45, 2.75) is 18.7 Å². The molecule has 0 saturated carbocycles. The van der Waals surface area contributed by atoms with Crippen LogP contribution in [0.15, 0.2) is 23.2 Å². The number of anilines is 1. The fraction of sp³-hybridized carbons (Fsp3) is 0.308. The minimum absolute atomic E-state index is 0.120. The Kier molecular flexibility index (Phi) is 4.08. The number of benzene rings is 1. The van der Waals surface area contributed by atoms with Gasteiger partial charge in [-0.15, -0.1) is 0 Å². The van der Waals surface area contributed by atoms with E-state index in [4.69, 9.17) is 9.47 Å². The van der Waals surface area contributed by atoms with E-state index >= 15 is 0 Å². The fourth-order valence-electron chi connectivity index (χ4n) is 1.89. The molecule has 0 atom stereocenters. The summed E-state index contributed by atoms with van der Waals surface area (Å²) in [5, 5.41) is 6.39. The van der Waals surface area contributed by atoms with E-state index in [1.165, 1.54) is 20.3 Å². The predicted molar refractivity (Wildman–Crippen MR) is 78.4 cm³/mol. The van der Waals surface area contributed by atoms with E-state index in [2.05, 4.69) is 14.9 Å². The summed E-state index contributed by atoms with van der Waals surface area (Å²) in [6.07, 6.45) is 1.54. The van der Waals surface area contributed by atoms with E-state index in [1.807, 2.05) is 0 Å². The summed E-state index contributed by atoms with van der Waals surface area (Å²) < 4.78 is 37.7. The van der Waals surface area contributed by atoms with Crippen molar-refractivity contribution in [1.29, 1.82) is 0 Å². The number of rotatable bonds is 5. The SMILES string of the molecule is COc1cc(C)c(S(=O)(=O)Nc2[nH]ncc2C)cc1OC. The molecule has 1 heterocycles. The lowest BCUT2D eigenvalue weighted by Gasteiger charge is -2.14. The first kappa shape index (κ1) is 15.2. The molecule has 2 rings (SSSR count). The average Bonchev–Trinajstić information content (AvgIpc) is 2.82. The molecule has 0 aliphatic rings. The number of nitrogens with zero attached hydrogens (tertiary/aromatic N) is 1. The van der Waals surface area contributed by atoms with Crippen LogP contribution in [0.5, 0.6) is 11.5 Å². The topological polar surface area (TPSA) is 93.3 Å². The molecule has 1 aromatic heterocycles. The summed E-state index contributed by atoms with van der Waals surface area (Å²) in [5.74, 6) is 1.17. The first-order chi connectivity index (χ1) is 9.89. The number of methoxy groups -OCH3 is 2. The summed E-state index contributed by atoms with van der Waals surface area (Å²) in [6, 6.07) is 3.05. The molecular weight excluding hydrogens is 294 g/mol. The smallest absolute Gasteiger partial charge is 0.263 e. The molecule has 0 fully saturated rings. The molecule has 21 heavy (non-hydrogen) atoms. The van der Waals surface area contributed by atoms with Crippen molar-refractivity contribution in [3.05, 3.63) is 29.5 Å². The Balaban J connectivity index is 2.47. The average molecular weight is 311 g/mol. The summed E-state index contributed by atoms with van der Waals surface area (Å²) in [7, 11) is -0.799. The van der Waals surface area contributed by atoms with Gasteiger partial charge in [-0.2, -0.15) is 5.10 Å². The van der Waals surface area contributed by atoms with Crippen molar-refractivity contribution in [2.75, 3.05) is 18.9 Å². The number of aromatic nitrogens is 2. The molecule has 8 heteroatoms. The lowest BCUT2D eigenvalue weighted by atomic mass is 10.2. The van der Waals surface area contributed by atoms with Gasteiger partial charge in [-0.05, 0) is 25.5 Å². The van der Waals surface area contributed by atoms with Gasteiger partial charge >= 0.3 is 0 Å². The standard InChI is InChI=1S/C13H17N3O4S/c1-8-5-10(19-3)11(20-4)6-12(8)21(17,18)16-13-9(2)7-14-15-13/h5-7H,1-4H3,(H2,14,15,16). The molecule has 0 radical (unpaired) electrons. The molecule has 2 N–H and O–H groups in total. The summed E-state index contributed by atoms with van der Waals surface area (Å²) in [4.78, 5) is 0.120. The van der Waals surface area contributed by atoms with E-state index in [0.717, 1.165) is 0 Å². The van der Waals surface area contributed by atoms with Crippen LogP contribution >= 0.6 is 0 Å². The van der Waals surface area contributed by atoms with Crippen molar-refractivity contribution in [3.63, 3.8) is 0 Å². The monoisotopic (exact) mass is 311 g/mol. The Morgan fingerprint density at radius 1 is 1.10 bits per heavy atom. The Hall–Kier alpha value is -2.22. The molecule has 2 aromatic rings. The van der Waals surface area contributed by atoms with E-state index in [9.17, 15) is 8.42 Å². The molecule has 0 spiro atoms. The highest BCUT2D eigenvalue weighted by molar-refractivity contribution is 7.92. The number of hydrogen-bond donors (Lipinski definition) is 2. The molecule has 0 aliphatic heterocycles. The van der Waals surface area contributed by atoms with Gasteiger partial charge in [0.1, 0.15) is 5.82 Å². The molecule has 0 aliphatic carbocycles.